The van der Waals surface area contributed by atoms with Crippen molar-refractivity contribution in [3.63, 3.8) is 0 Å². The molecule has 0 aliphatic carbocycles. The zero-order valence-corrected chi connectivity index (χ0v) is 12.4. The molecule has 2 aromatic carbocycles. The predicted octanol–water partition coefficient (Wildman–Crippen LogP) is 2.38. The first kappa shape index (κ1) is 15.3. The van der Waals surface area contributed by atoms with Gasteiger partial charge in [0, 0.05) is 11.3 Å². The van der Waals surface area contributed by atoms with E-state index in [4.69, 9.17) is 4.74 Å². The van der Waals surface area contributed by atoms with Crippen molar-refractivity contribution in [2.75, 3.05) is 11.3 Å². The van der Waals surface area contributed by atoms with Crippen molar-refractivity contribution < 1.29 is 18.3 Å². The predicted molar refractivity (Wildman–Crippen MR) is 80.8 cm³/mol. The monoisotopic (exact) mass is 307 g/mol. The zero-order chi connectivity index (χ0) is 15.3. The van der Waals surface area contributed by atoms with Gasteiger partial charge in [0.1, 0.15) is 5.75 Å². The quantitative estimate of drug-likeness (QED) is 0.859. The van der Waals surface area contributed by atoms with Crippen molar-refractivity contribution in [1.29, 1.82) is 0 Å². The van der Waals surface area contributed by atoms with Crippen LogP contribution >= 0.6 is 0 Å². The first-order chi connectivity index (χ1) is 10.1. The zero-order valence-electron chi connectivity index (χ0n) is 11.6. The molecule has 0 atom stereocenters. The number of hydrogen-bond donors (Lipinski definition) is 2. The van der Waals surface area contributed by atoms with Gasteiger partial charge in [0.05, 0.1) is 18.1 Å². The van der Waals surface area contributed by atoms with E-state index in [1.54, 1.807) is 36.4 Å². The van der Waals surface area contributed by atoms with Crippen LogP contribution in [0.15, 0.2) is 53.4 Å². The van der Waals surface area contributed by atoms with E-state index in [0.717, 1.165) is 0 Å². The molecule has 0 spiro atoms. The van der Waals surface area contributed by atoms with Crippen LogP contribution in [0.2, 0.25) is 0 Å². The average Bonchev–Trinajstić information content (AvgIpc) is 2.49. The summed E-state index contributed by atoms with van der Waals surface area (Å²) < 4.78 is 32.3. The summed E-state index contributed by atoms with van der Waals surface area (Å²) in [7, 11) is -3.64. The first-order valence-electron chi connectivity index (χ1n) is 6.51. The van der Waals surface area contributed by atoms with Crippen molar-refractivity contribution in [2.24, 2.45) is 0 Å². The van der Waals surface area contributed by atoms with Crippen LogP contribution in [0.1, 0.15) is 12.5 Å². The van der Waals surface area contributed by atoms with Gasteiger partial charge in [-0.05, 0) is 37.3 Å². The summed E-state index contributed by atoms with van der Waals surface area (Å²) in [4.78, 5) is 0.185. The van der Waals surface area contributed by atoms with Gasteiger partial charge < -0.3 is 9.84 Å². The van der Waals surface area contributed by atoms with Crippen molar-refractivity contribution in [1.82, 2.24) is 0 Å². The molecule has 112 valence electrons. The normalized spacial score (nSPS) is 11.1. The fourth-order valence-corrected chi connectivity index (χ4v) is 2.95. The average molecular weight is 307 g/mol. The van der Waals surface area contributed by atoms with Crippen LogP contribution < -0.4 is 9.46 Å². The molecule has 0 heterocycles. The van der Waals surface area contributed by atoms with Gasteiger partial charge in [-0.2, -0.15) is 0 Å². The van der Waals surface area contributed by atoms with E-state index >= 15 is 0 Å². The van der Waals surface area contributed by atoms with Gasteiger partial charge >= 0.3 is 0 Å². The van der Waals surface area contributed by atoms with Crippen LogP contribution in [0.3, 0.4) is 0 Å². The van der Waals surface area contributed by atoms with E-state index in [-0.39, 0.29) is 11.5 Å². The van der Waals surface area contributed by atoms with E-state index in [9.17, 15) is 13.5 Å². The number of rotatable bonds is 6. The summed E-state index contributed by atoms with van der Waals surface area (Å²) in [5.41, 5.74) is 0.913. The summed E-state index contributed by atoms with van der Waals surface area (Å²) in [5.74, 6) is 0.544. The van der Waals surface area contributed by atoms with Gasteiger partial charge in [-0.25, -0.2) is 8.42 Å². The van der Waals surface area contributed by atoms with Gasteiger partial charge in [0.15, 0.2) is 0 Å². The minimum absolute atomic E-state index is 0.185. The van der Waals surface area contributed by atoms with E-state index in [0.29, 0.717) is 23.6 Å². The molecule has 2 rings (SSSR count). The Morgan fingerprint density at radius 2 is 1.86 bits per heavy atom. The second kappa shape index (κ2) is 6.60. The summed E-state index contributed by atoms with van der Waals surface area (Å²) in [6.45, 7) is 2.09. The minimum atomic E-state index is -3.64. The maximum atomic E-state index is 12.2. The number of aliphatic hydroxyl groups is 1. The number of hydrogen-bond acceptors (Lipinski definition) is 4. The van der Waals surface area contributed by atoms with Crippen LogP contribution in [0.4, 0.5) is 5.69 Å². The van der Waals surface area contributed by atoms with Crippen LogP contribution in [0, 0.1) is 0 Å². The Hall–Kier alpha value is -2.05. The van der Waals surface area contributed by atoms with Gasteiger partial charge in [0.25, 0.3) is 10.0 Å². The van der Waals surface area contributed by atoms with Crippen molar-refractivity contribution in [3.8, 4) is 5.75 Å². The van der Waals surface area contributed by atoms with Gasteiger partial charge in [-0.15, -0.1) is 0 Å². The molecule has 6 heteroatoms. The lowest BCUT2D eigenvalue weighted by Crippen LogP contribution is -2.13. The highest BCUT2D eigenvalue weighted by molar-refractivity contribution is 7.92. The fourth-order valence-electron chi connectivity index (χ4n) is 1.88. The number of benzene rings is 2. The molecule has 5 nitrogen and oxygen atoms in total. The fraction of sp³-hybridized carbons (Fsp3) is 0.200. The highest BCUT2D eigenvalue weighted by Gasteiger charge is 2.14. The van der Waals surface area contributed by atoms with Crippen LogP contribution in [-0.2, 0) is 16.6 Å². The highest BCUT2D eigenvalue weighted by atomic mass is 32.2. The summed E-state index contributed by atoms with van der Waals surface area (Å²) >= 11 is 0. The molecule has 0 radical (unpaired) electrons. The molecule has 21 heavy (non-hydrogen) atoms. The topological polar surface area (TPSA) is 75.6 Å². The molecule has 0 aliphatic heterocycles. The van der Waals surface area contributed by atoms with Gasteiger partial charge in [-0.3, -0.25) is 4.72 Å². The molecule has 0 saturated heterocycles. The Morgan fingerprint density at radius 1 is 1.14 bits per heavy atom. The summed E-state index contributed by atoms with van der Waals surface area (Å²) in [6.07, 6.45) is 0. The number of sulfonamides is 1. The van der Waals surface area contributed by atoms with Crippen molar-refractivity contribution in [2.45, 2.75) is 18.4 Å². The SMILES string of the molecule is CCOc1ccc(NS(=O)(=O)c2ccccc2)cc1CO. The number of nitrogens with one attached hydrogen (secondary N) is 1. The highest BCUT2D eigenvalue weighted by Crippen LogP contribution is 2.24. The van der Waals surface area contributed by atoms with Crippen LogP contribution in [-0.4, -0.2) is 20.1 Å². The number of aliphatic hydroxyl groups excluding tert-OH is 1. The van der Waals surface area contributed by atoms with E-state index in [2.05, 4.69) is 4.72 Å². The standard InChI is InChI=1S/C15H17NO4S/c1-2-20-15-9-8-13(10-12(15)11-17)16-21(18,19)14-6-4-3-5-7-14/h3-10,16-17H,2,11H2,1H3. The van der Waals surface area contributed by atoms with E-state index in [1.807, 2.05) is 6.92 Å². The number of anilines is 1. The lowest BCUT2D eigenvalue weighted by molar-refractivity contribution is 0.267. The third-order valence-corrected chi connectivity index (χ3v) is 4.23. The van der Waals surface area contributed by atoms with Crippen molar-refractivity contribution in [3.05, 3.63) is 54.1 Å². The Morgan fingerprint density at radius 3 is 2.48 bits per heavy atom. The third-order valence-electron chi connectivity index (χ3n) is 2.84. The molecule has 0 aliphatic rings. The third kappa shape index (κ3) is 3.74. The molecule has 0 fully saturated rings. The molecule has 0 amide bonds. The molecule has 0 unspecified atom stereocenters. The molecule has 0 saturated carbocycles. The van der Waals surface area contributed by atoms with Gasteiger partial charge in [0.2, 0.25) is 0 Å². The molecule has 0 bridgehead atoms. The smallest absolute Gasteiger partial charge is 0.261 e. The van der Waals surface area contributed by atoms with Crippen LogP contribution in [0.25, 0.3) is 0 Å². The Balaban J connectivity index is 2.28. The first-order valence-corrected chi connectivity index (χ1v) is 7.99. The maximum Gasteiger partial charge on any atom is 0.261 e. The minimum Gasteiger partial charge on any atom is -0.494 e. The Kier molecular flexibility index (Phi) is 4.82. The molecule has 2 aromatic rings. The molecular weight excluding hydrogens is 290 g/mol. The lowest BCUT2D eigenvalue weighted by atomic mass is 10.2. The van der Waals surface area contributed by atoms with Gasteiger partial charge in [-0.1, -0.05) is 18.2 Å². The van der Waals surface area contributed by atoms with Crippen molar-refractivity contribution >= 4 is 15.7 Å². The summed E-state index contributed by atoms with van der Waals surface area (Å²) in [5, 5.41) is 9.33. The molecular formula is C15H17NO4S. The largest absolute Gasteiger partial charge is 0.494 e. The lowest BCUT2D eigenvalue weighted by Gasteiger charge is -2.12. The molecule has 2 N–H and O–H groups in total. The van der Waals surface area contributed by atoms with E-state index < -0.39 is 10.0 Å². The molecule has 0 aromatic heterocycles. The summed E-state index contributed by atoms with van der Waals surface area (Å²) in [6, 6.07) is 12.9. The van der Waals surface area contributed by atoms with E-state index in [1.165, 1.54) is 12.1 Å². The maximum absolute atomic E-state index is 12.2. The Bertz CT molecular complexity index is 699. The van der Waals surface area contributed by atoms with Crippen LogP contribution in [0.5, 0.6) is 5.75 Å². The Labute approximate surface area is 124 Å². The second-order valence-corrected chi connectivity index (χ2v) is 6.01. The second-order valence-electron chi connectivity index (χ2n) is 4.33. The number of ether oxygens (including phenoxy) is 1.